The molecule has 0 aromatic carbocycles. The Bertz CT molecular complexity index is 289. The van der Waals surface area contributed by atoms with Gasteiger partial charge in [-0.1, -0.05) is 11.2 Å². The Morgan fingerprint density at radius 1 is 1.67 bits per heavy atom. The van der Waals surface area contributed by atoms with Gasteiger partial charge in [0.2, 0.25) is 5.56 Å². The van der Waals surface area contributed by atoms with Crippen molar-refractivity contribution in [1.82, 2.24) is 4.57 Å². The van der Waals surface area contributed by atoms with E-state index in [0.29, 0.717) is 0 Å². The lowest BCUT2D eigenvalue weighted by atomic mass is 10.5. The third-order valence-electron chi connectivity index (χ3n) is 1.07. The van der Waals surface area contributed by atoms with Gasteiger partial charge >= 0.3 is 0 Å². The molecule has 0 aliphatic carbocycles. The Morgan fingerprint density at radius 3 is 2.50 bits per heavy atom. The van der Waals surface area contributed by atoms with Gasteiger partial charge in [-0.3, -0.25) is 4.79 Å². The van der Waals surface area contributed by atoms with Crippen LogP contribution in [-0.2, 0) is 7.05 Å². The van der Waals surface area contributed by atoms with Crippen molar-refractivity contribution in [3.63, 3.8) is 0 Å². The van der Waals surface area contributed by atoms with E-state index < -0.39 is 0 Å². The summed E-state index contributed by atoms with van der Waals surface area (Å²) in [7, 11) is 1.72. The summed E-state index contributed by atoms with van der Waals surface area (Å²) < 4.78 is 1.53. The highest BCUT2D eigenvalue weighted by Gasteiger charge is 1.79. The van der Waals surface area contributed by atoms with Crippen LogP contribution < -0.4 is 11.3 Å². The summed E-state index contributed by atoms with van der Waals surface area (Å²) in [4.78, 5) is 10.6. The van der Waals surface area contributed by atoms with E-state index in [2.05, 4.69) is 10.9 Å². The first-order valence-electron chi connectivity index (χ1n) is 3.21. The minimum absolute atomic E-state index is 0.0347. The monoisotopic (exact) mass is 169 g/mol. The molecule has 0 spiro atoms. The zero-order valence-electron chi connectivity index (χ0n) is 6.71. The third kappa shape index (κ3) is 4.10. The van der Waals surface area contributed by atoms with Crippen LogP contribution in [0.4, 0.5) is 0 Å². The molecule has 0 saturated carbocycles. The van der Waals surface area contributed by atoms with Crippen molar-refractivity contribution in [3.8, 4) is 0 Å². The molecule has 5 heteroatoms. The van der Waals surface area contributed by atoms with E-state index in [1.807, 2.05) is 6.07 Å². The van der Waals surface area contributed by atoms with Crippen LogP contribution in [0.5, 0.6) is 0 Å². The standard InChI is InChI=1S/C6H7NO.CH4N2O/c1-7-5-3-2-4-6(7)8;2-1-3-4/h2-5H,1H3;1,4H,(H2,2,3). The Morgan fingerprint density at radius 2 is 2.25 bits per heavy atom. The second-order valence-electron chi connectivity index (χ2n) is 1.91. The first kappa shape index (κ1) is 10.2. The van der Waals surface area contributed by atoms with Crippen molar-refractivity contribution in [1.29, 1.82) is 0 Å². The molecular weight excluding hydrogens is 158 g/mol. The van der Waals surface area contributed by atoms with Crippen LogP contribution in [0.15, 0.2) is 34.3 Å². The molecule has 12 heavy (non-hydrogen) atoms. The lowest BCUT2D eigenvalue weighted by molar-refractivity contribution is 0.321. The molecular formula is C7H11N3O2. The summed E-state index contributed by atoms with van der Waals surface area (Å²) in [6.45, 7) is 0. The highest BCUT2D eigenvalue weighted by atomic mass is 16.4. The lowest BCUT2D eigenvalue weighted by Crippen LogP contribution is -2.12. The molecule has 1 rings (SSSR count). The van der Waals surface area contributed by atoms with Gasteiger partial charge in [0.15, 0.2) is 0 Å². The van der Waals surface area contributed by atoms with E-state index in [0.717, 1.165) is 6.34 Å². The quantitative estimate of drug-likeness (QED) is 0.243. The minimum Gasteiger partial charge on any atom is -0.410 e. The molecule has 0 unspecified atom stereocenters. The number of oxime groups is 1. The van der Waals surface area contributed by atoms with Gasteiger partial charge in [0.05, 0.1) is 0 Å². The first-order valence-corrected chi connectivity index (χ1v) is 3.21. The molecule has 1 aromatic rings. The Hall–Kier alpha value is -1.78. The van der Waals surface area contributed by atoms with Gasteiger partial charge < -0.3 is 15.5 Å². The molecule has 0 bridgehead atoms. The maximum absolute atomic E-state index is 10.6. The number of hydrogen-bond acceptors (Lipinski definition) is 3. The molecule has 0 fully saturated rings. The third-order valence-corrected chi connectivity index (χ3v) is 1.07. The normalized spacial score (nSPS) is 9.08. The Balaban J connectivity index is 0.000000261. The van der Waals surface area contributed by atoms with Gasteiger partial charge in [-0.15, -0.1) is 0 Å². The predicted octanol–water partition coefficient (Wildman–Crippen LogP) is -0.252. The zero-order chi connectivity index (χ0) is 9.40. The van der Waals surface area contributed by atoms with Crippen LogP contribution in [-0.4, -0.2) is 16.1 Å². The summed E-state index contributed by atoms with van der Waals surface area (Å²) >= 11 is 0. The SMILES string of the molecule is Cn1ccccc1=O.N/C=N/O. The Labute approximate surface area is 69.7 Å². The molecule has 0 atom stereocenters. The summed E-state index contributed by atoms with van der Waals surface area (Å²) in [5, 5.41) is 9.71. The number of rotatable bonds is 0. The first-order chi connectivity index (χ1) is 5.72. The molecule has 0 saturated heterocycles. The molecule has 1 heterocycles. The molecule has 0 aliphatic heterocycles. The van der Waals surface area contributed by atoms with Crippen molar-refractivity contribution in [2.45, 2.75) is 0 Å². The molecule has 0 radical (unpaired) electrons. The van der Waals surface area contributed by atoms with Gasteiger partial charge in [0.1, 0.15) is 6.34 Å². The average molecular weight is 169 g/mol. The van der Waals surface area contributed by atoms with Crippen molar-refractivity contribution in [2.24, 2.45) is 17.9 Å². The predicted molar refractivity (Wildman–Crippen MR) is 46.1 cm³/mol. The number of aromatic nitrogens is 1. The molecule has 1 aromatic heterocycles. The smallest absolute Gasteiger partial charge is 0.250 e. The van der Waals surface area contributed by atoms with Crippen LogP contribution in [0.25, 0.3) is 0 Å². The number of hydrogen-bond donors (Lipinski definition) is 2. The fourth-order valence-electron chi connectivity index (χ4n) is 0.508. The number of nitrogens with two attached hydrogens (primary N) is 1. The van der Waals surface area contributed by atoms with Gasteiger partial charge in [-0.05, 0) is 6.07 Å². The molecule has 5 nitrogen and oxygen atoms in total. The summed E-state index contributed by atoms with van der Waals surface area (Å²) in [6, 6.07) is 5.07. The second-order valence-corrected chi connectivity index (χ2v) is 1.91. The molecule has 0 amide bonds. The number of nitrogens with zero attached hydrogens (tertiary/aromatic N) is 2. The lowest BCUT2D eigenvalue weighted by Gasteiger charge is -1.89. The maximum atomic E-state index is 10.6. The van der Waals surface area contributed by atoms with Crippen molar-refractivity contribution in [2.75, 3.05) is 0 Å². The highest BCUT2D eigenvalue weighted by molar-refractivity contribution is 5.49. The van der Waals surface area contributed by atoms with Crippen molar-refractivity contribution < 1.29 is 5.21 Å². The van der Waals surface area contributed by atoms with E-state index in [-0.39, 0.29) is 5.56 Å². The van der Waals surface area contributed by atoms with E-state index in [1.54, 1.807) is 19.3 Å². The summed E-state index contributed by atoms with van der Waals surface area (Å²) in [6.07, 6.45) is 2.53. The Kier molecular flexibility index (Phi) is 5.08. The second kappa shape index (κ2) is 5.96. The fraction of sp³-hybridized carbons (Fsp3) is 0.143. The topological polar surface area (TPSA) is 80.6 Å². The van der Waals surface area contributed by atoms with E-state index in [1.165, 1.54) is 10.6 Å². The molecule has 3 N–H and O–H groups in total. The van der Waals surface area contributed by atoms with E-state index >= 15 is 0 Å². The highest BCUT2D eigenvalue weighted by Crippen LogP contribution is 1.73. The largest absolute Gasteiger partial charge is 0.410 e. The van der Waals surface area contributed by atoms with Gasteiger partial charge in [-0.2, -0.15) is 0 Å². The van der Waals surface area contributed by atoms with E-state index in [4.69, 9.17) is 5.21 Å². The van der Waals surface area contributed by atoms with Gasteiger partial charge in [0.25, 0.3) is 0 Å². The summed E-state index contributed by atoms with van der Waals surface area (Å²) in [5.41, 5.74) is 4.52. The van der Waals surface area contributed by atoms with Crippen LogP contribution in [0.2, 0.25) is 0 Å². The fourth-order valence-corrected chi connectivity index (χ4v) is 0.508. The van der Waals surface area contributed by atoms with Crippen LogP contribution >= 0.6 is 0 Å². The average Bonchev–Trinajstić information content (AvgIpc) is 2.11. The van der Waals surface area contributed by atoms with Crippen LogP contribution in [0.1, 0.15) is 0 Å². The van der Waals surface area contributed by atoms with Gasteiger partial charge in [-0.25, -0.2) is 0 Å². The zero-order valence-corrected chi connectivity index (χ0v) is 6.71. The maximum Gasteiger partial charge on any atom is 0.250 e. The van der Waals surface area contributed by atoms with Crippen molar-refractivity contribution in [3.05, 3.63) is 34.7 Å². The minimum atomic E-state index is 0.0347. The number of pyridine rings is 1. The van der Waals surface area contributed by atoms with Crippen LogP contribution in [0.3, 0.4) is 0 Å². The number of aryl methyl sites for hydroxylation is 1. The van der Waals surface area contributed by atoms with E-state index in [9.17, 15) is 4.79 Å². The molecule has 0 aliphatic rings. The molecule has 66 valence electrons. The van der Waals surface area contributed by atoms with Gasteiger partial charge in [0, 0.05) is 19.3 Å². The van der Waals surface area contributed by atoms with Crippen molar-refractivity contribution >= 4 is 6.34 Å². The summed E-state index contributed by atoms with van der Waals surface area (Å²) in [5.74, 6) is 0. The van der Waals surface area contributed by atoms with Crippen LogP contribution in [0, 0.1) is 0 Å².